The lowest BCUT2D eigenvalue weighted by Gasteiger charge is -2.10. The van der Waals surface area contributed by atoms with Crippen LogP contribution in [0.25, 0.3) is 0 Å². The minimum Gasteiger partial charge on any atom is -0.487 e. The molecule has 0 spiro atoms. The maximum atomic E-state index is 6.29. The average molecular weight is 304 g/mol. The molecule has 2 aromatic carbocycles. The van der Waals surface area contributed by atoms with Crippen LogP contribution in [0.4, 0.5) is 0 Å². The highest BCUT2D eigenvalue weighted by atomic mass is 35.5. The molecule has 2 aromatic rings. The first-order chi connectivity index (χ1) is 10.2. The second kappa shape index (κ2) is 8.06. The van der Waals surface area contributed by atoms with Gasteiger partial charge in [0.1, 0.15) is 12.4 Å². The van der Waals surface area contributed by atoms with E-state index < -0.39 is 0 Å². The summed E-state index contributed by atoms with van der Waals surface area (Å²) in [6.07, 6.45) is 1.13. The molecular weight excluding hydrogens is 282 g/mol. The van der Waals surface area contributed by atoms with Crippen molar-refractivity contribution in [1.82, 2.24) is 5.32 Å². The lowest BCUT2D eigenvalue weighted by atomic mass is 10.1. The van der Waals surface area contributed by atoms with Gasteiger partial charge in [0, 0.05) is 6.54 Å². The van der Waals surface area contributed by atoms with Crippen molar-refractivity contribution < 1.29 is 4.74 Å². The smallest absolute Gasteiger partial charge is 0.138 e. The van der Waals surface area contributed by atoms with E-state index in [0.29, 0.717) is 11.6 Å². The molecule has 0 aliphatic heterocycles. The van der Waals surface area contributed by atoms with Gasteiger partial charge in [-0.1, -0.05) is 54.4 Å². The van der Waals surface area contributed by atoms with Gasteiger partial charge in [0.25, 0.3) is 0 Å². The van der Waals surface area contributed by atoms with Crippen LogP contribution in [0.15, 0.2) is 42.5 Å². The fourth-order valence-corrected chi connectivity index (χ4v) is 2.40. The maximum Gasteiger partial charge on any atom is 0.138 e. The van der Waals surface area contributed by atoms with Crippen molar-refractivity contribution in [1.29, 1.82) is 0 Å². The van der Waals surface area contributed by atoms with E-state index in [0.717, 1.165) is 30.8 Å². The van der Waals surface area contributed by atoms with Crippen LogP contribution in [0.1, 0.15) is 30.0 Å². The Kier molecular flexibility index (Phi) is 6.09. The fraction of sp³-hybridized carbons (Fsp3) is 0.333. The summed E-state index contributed by atoms with van der Waals surface area (Å²) in [5.41, 5.74) is 3.57. The van der Waals surface area contributed by atoms with Gasteiger partial charge in [0.05, 0.1) is 5.02 Å². The number of aryl methyl sites for hydroxylation is 1. The van der Waals surface area contributed by atoms with Gasteiger partial charge in [-0.15, -0.1) is 0 Å². The molecule has 0 atom stereocenters. The van der Waals surface area contributed by atoms with Gasteiger partial charge in [-0.3, -0.25) is 0 Å². The highest BCUT2D eigenvalue weighted by molar-refractivity contribution is 6.32. The van der Waals surface area contributed by atoms with Crippen molar-refractivity contribution >= 4 is 11.6 Å². The number of rotatable bonds is 7. The van der Waals surface area contributed by atoms with E-state index >= 15 is 0 Å². The van der Waals surface area contributed by atoms with Crippen LogP contribution in [-0.2, 0) is 13.2 Å². The molecule has 0 aliphatic rings. The van der Waals surface area contributed by atoms with Gasteiger partial charge in [0.15, 0.2) is 0 Å². The van der Waals surface area contributed by atoms with Crippen LogP contribution < -0.4 is 10.1 Å². The minimum atomic E-state index is 0.537. The van der Waals surface area contributed by atoms with Crippen LogP contribution in [0, 0.1) is 6.92 Å². The zero-order valence-corrected chi connectivity index (χ0v) is 13.4. The molecule has 0 saturated carbocycles. The summed E-state index contributed by atoms with van der Waals surface area (Å²) in [5, 5.41) is 4.03. The Morgan fingerprint density at radius 2 is 1.95 bits per heavy atom. The predicted octanol–water partition coefficient (Wildman–Crippen LogP) is 4.73. The molecule has 112 valence electrons. The molecule has 0 aliphatic carbocycles. The van der Waals surface area contributed by atoms with Crippen LogP contribution in [0.3, 0.4) is 0 Å². The first-order valence-corrected chi connectivity index (χ1v) is 7.74. The Hall–Kier alpha value is -1.51. The van der Waals surface area contributed by atoms with Gasteiger partial charge >= 0.3 is 0 Å². The Morgan fingerprint density at radius 3 is 2.67 bits per heavy atom. The molecule has 0 aromatic heterocycles. The molecule has 0 amide bonds. The lowest BCUT2D eigenvalue weighted by Crippen LogP contribution is -2.13. The van der Waals surface area contributed by atoms with Crippen LogP contribution in [-0.4, -0.2) is 6.54 Å². The van der Waals surface area contributed by atoms with Gasteiger partial charge < -0.3 is 10.1 Å². The first-order valence-electron chi connectivity index (χ1n) is 7.36. The van der Waals surface area contributed by atoms with Crippen molar-refractivity contribution in [2.75, 3.05) is 6.54 Å². The van der Waals surface area contributed by atoms with Gasteiger partial charge in [0.2, 0.25) is 0 Å². The number of hydrogen-bond acceptors (Lipinski definition) is 2. The third-order valence-corrected chi connectivity index (χ3v) is 3.52. The van der Waals surface area contributed by atoms with Crippen molar-refractivity contribution in [2.24, 2.45) is 0 Å². The zero-order chi connectivity index (χ0) is 15.1. The molecule has 0 unspecified atom stereocenters. The SMILES string of the molecule is CCCNCc1ccc(OCc2cccc(C)c2)c(Cl)c1. The summed E-state index contributed by atoms with van der Waals surface area (Å²) in [4.78, 5) is 0. The van der Waals surface area contributed by atoms with E-state index in [-0.39, 0.29) is 0 Å². The summed E-state index contributed by atoms with van der Waals surface area (Å²) in [7, 11) is 0. The summed E-state index contributed by atoms with van der Waals surface area (Å²) in [5.74, 6) is 0.734. The third-order valence-electron chi connectivity index (χ3n) is 3.23. The topological polar surface area (TPSA) is 21.3 Å². The highest BCUT2D eigenvalue weighted by Crippen LogP contribution is 2.26. The second-order valence-electron chi connectivity index (χ2n) is 5.22. The zero-order valence-electron chi connectivity index (χ0n) is 12.7. The molecule has 3 heteroatoms. The summed E-state index contributed by atoms with van der Waals surface area (Å²) in [6.45, 7) is 6.63. The molecule has 0 bridgehead atoms. The van der Waals surface area contributed by atoms with Crippen LogP contribution >= 0.6 is 11.6 Å². The molecular formula is C18H22ClNO. The number of benzene rings is 2. The normalized spacial score (nSPS) is 10.6. The standard InChI is InChI=1S/C18H22ClNO/c1-3-9-20-12-15-7-8-18(17(19)11-15)21-13-16-6-4-5-14(2)10-16/h4-8,10-11,20H,3,9,12-13H2,1-2H3. The Bertz CT molecular complexity index is 583. The molecule has 0 heterocycles. The van der Waals surface area contributed by atoms with Crippen LogP contribution in [0.2, 0.25) is 5.02 Å². The monoisotopic (exact) mass is 303 g/mol. The first kappa shape index (κ1) is 15.9. The molecule has 21 heavy (non-hydrogen) atoms. The van der Waals surface area contributed by atoms with E-state index in [1.165, 1.54) is 11.1 Å². The third kappa shape index (κ3) is 5.07. The minimum absolute atomic E-state index is 0.537. The molecule has 2 rings (SSSR count). The van der Waals surface area contributed by atoms with Crippen LogP contribution in [0.5, 0.6) is 5.75 Å². The highest BCUT2D eigenvalue weighted by Gasteiger charge is 2.04. The Balaban J connectivity index is 1.94. The predicted molar refractivity (Wildman–Crippen MR) is 89.0 cm³/mol. The summed E-state index contributed by atoms with van der Waals surface area (Å²) in [6, 6.07) is 14.3. The van der Waals surface area contributed by atoms with Crippen molar-refractivity contribution in [2.45, 2.75) is 33.4 Å². The fourth-order valence-electron chi connectivity index (χ4n) is 2.14. The van der Waals surface area contributed by atoms with E-state index in [1.54, 1.807) is 0 Å². The van der Waals surface area contributed by atoms with Gasteiger partial charge in [-0.05, 0) is 43.1 Å². The second-order valence-corrected chi connectivity index (χ2v) is 5.63. The molecule has 0 fully saturated rings. The average Bonchev–Trinajstić information content (AvgIpc) is 2.47. The van der Waals surface area contributed by atoms with E-state index in [2.05, 4.69) is 43.4 Å². The number of hydrogen-bond donors (Lipinski definition) is 1. The largest absolute Gasteiger partial charge is 0.487 e. The number of ether oxygens (including phenoxy) is 1. The molecule has 1 N–H and O–H groups in total. The molecule has 2 nitrogen and oxygen atoms in total. The number of nitrogens with one attached hydrogen (secondary N) is 1. The number of halogens is 1. The van der Waals surface area contributed by atoms with E-state index in [4.69, 9.17) is 16.3 Å². The maximum absolute atomic E-state index is 6.29. The van der Waals surface area contributed by atoms with Gasteiger partial charge in [-0.2, -0.15) is 0 Å². The molecule has 0 radical (unpaired) electrons. The Morgan fingerprint density at radius 1 is 1.10 bits per heavy atom. The summed E-state index contributed by atoms with van der Waals surface area (Å²) >= 11 is 6.29. The molecule has 0 saturated heterocycles. The van der Waals surface area contributed by atoms with Crippen molar-refractivity contribution in [3.8, 4) is 5.75 Å². The summed E-state index contributed by atoms with van der Waals surface area (Å²) < 4.78 is 5.81. The quantitative estimate of drug-likeness (QED) is 0.747. The lowest BCUT2D eigenvalue weighted by molar-refractivity contribution is 0.306. The Labute approximate surface area is 132 Å². The van der Waals surface area contributed by atoms with E-state index in [1.807, 2.05) is 18.2 Å². The van der Waals surface area contributed by atoms with Gasteiger partial charge in [-0.25, -0.2) is 0 Å². The van der Waals surface area contributed by atoms with Crippen molar-refractivity contribution in [3.05, 3.63) is 64.2 Å². The van der Waals surface area contributed by atoms with E-state index in [9.17, 15) is 0 Å². The van der Waals surface area contributed by atoms with Crippen molar-refractivity contribution in [3.63, 3.8) is 0 Å².